The molecule has 0 saturated heterocycles. The number of rotatable bonds is 8. The molecular weight excluding hydrogens is 320 g/mol. The van der Waals surface area contributed by atoms with Crippen LogP contribution in [0.4, 0.5) is 0 Å². The van der Waals surface area contributed by atoms with E-state index in [0.29, 0.717) is 24.4 Å². The summed E-state index contributed by atoms with van der Waals surface area (Å²) in [5, 5.41) is 9.91. The molecule has 1 unspecified atom stereocenters. The van der Waals surface area contributed by atoms with E-state index in [-0.39, 0.29) is 13.2 Å². The van der Waals surface area contributed by atoms with Gasteiger partial charge in [-0.3, -0.25) is 0 Å². The summed E-state index contributed by atoms with van der Waals surface area (Å²) in [5.74, 6) is -0.557. The summed E-state index contributed by atoms with van der Waals surface area (Å²) in [5.41, 5.74) is 2.78. The average molecular weight is 340 g/mol. The predicted molar refractivity (Wildman–Crippen MR) is 91.3 cm³/mol. The maximum Gasteiger partial charge on any atom is 0.339 e. The van der Waals surface area contributed by atoms with Crippen LogP contribution in [0.25, 0.3) is 0 Å². The summed E-state index contributed by atoms with van der Waals surface area (Å²) in [4.78, 5) is 11.9. The van der Waals surface area contributed by atoms with Gasteiger partial charge in [0, 0.05) is 5.57 Å². The Kier molecular flexibility index (Phi) is 5.95. The molecule has 130 valence electrons. The van der Waals surface area contributed by atoms with Crippen molar-refractivity contribution in [2.45, 2.75) is 19.5 Å². The number of carbonyl (C=O) groups excluding carboxylic acids is 1. The molecule has 0 bridgehead atoms. The number of cyclic esters (lactones) is 1. The number of carbonyl (C=O) groups is 1. The van der Waals surface area contributed by atoms with Gasteiger partial charge in [-0.15, -0.1) is 0 Å². The molecule has 0 aliphatic carbocycles. The van der Waals surface area contributed by atoms with Crippen LogP contribution in [0.15, 0.2) is 71.8 Å². The minimum atomic E-state index is -1.27. The fourth-order valence-electron chi connectivity index (χ4n) is 2.53. The highest BCUT2D eigenvalue weighted by Crippen LogP contribution is 2.22. The van der Waals surface area contributed by atoms with Crippen LogP contribution >= 0.6 is 0 Å². The second-order valence-corrected chi connectivity index (χ2v) is 5.72. The lowest BCUT2D eigenvalue weighted by Crippen LogP contribution is -2.13. The molecule has 0 fully saturated rings. The highest BCUT2D eigenvalue weighted by Gasteiger charge is 2.32. The maximum atomic E-state index is 11.9. The number of esters is 1. The fraction of sp³-hybridized carbons (Fsp3) is 0.250. The van der Waals surface area contributed by atoms with Crippen molar-refractivity contribution in [1.29, 1.82) is 0 Å². The van der Waals surface area contributed by atoms with Crippen LogP contribution in [0.3, 0.4) is 0 Å². The molecule has 0 aromatic heterocycles. The van der Waals surface area contributed by atoms with Crippen LogP contribution in [-0.2, 0) is 32.2 Å². The molecule has 1 heterocycles. The van der Waals surface area contributed by atoms with Gasteiger partial charge in [-0.05, 0) is 11.1 Å². The molecule has 1 atom stereocenters. The standard InChI is InChI=1S/C20H20O5/c21-19-17(13-23-11-15-7-3-1-4-8-15)18(20(22)25-19)14-24-12-16-9-5-2-6-10-16/h1-10,19,21H,11-14H2. The van der Waals surface area contributed by atoms with Crippen molar-refractivity contribution in [3.8, 4) is 0 Å². The van der Waals surface area contributed by atoms with Crippen LogP contribution in [0, 0.1) is 0 Å². The Hall–Kier alpha value is -2.47. The molecule has 2 aromatic rings. The number of hydrogen-bond donors (Lipinski definition) is 1. The van der Waals surface area contributed by atoms with E-state index in [1.165, 1.54) is 0 Å². The summed E-state index contributed by atoms with van der Waals surface area (Å²) >= 11 is 0. The van der Waals surface area contributed by atoms with Crippen LogP contribution < -0.4 is 0 Å². The fourth-order valence-corrected chi connectivity index (χ4v) is 2.53. The van der Waals surface area contributed by atoms with Gasteiger partial charge in [0.2, 0.25) is 6.29 Å². The zero-order chi connectivity index (χ0) is 17.5. The number of aliphatic hydroxyl groups excluding tert-OH is 1. The number of hydrogen-bond acceptors (Lipinski definition) is 5. The van der Waals surface area contributed by atoms with E-state index in [0.717, 1.165) is 11.1 Å². The van der Waals surface area contributed by atoms with Crippen LogP contribution in [0.1, 0.15) is 11.1 Å². The second-order valence-electron chi connectivity index (χ2n) is 5.72. The zero-order valence-electron chi connectivity index (χ0n) is 13.8. The highest BCUT2D eigenvalue weighted by molar-refractivity contribution is 5.92. The lowest BCUT2D eigenvalue weighted by molar-refractivity contribution is -0.152. The van der Waals surface area contributed by atoms with Crippen molar-refractivity contribution < 1.29 is 24.1 Å². The molecule has 0 amide bonds. The number of ether oxygens (including phenoxy) is 3. The first kappa shape index (κ1) is 17.4. The Morgan fingerprint density at radius 2 is 1.32 bits per heavy atom. The molecular formula is C20H20O5. The van der Waals surface area contributed by atoms with Gasteiger partial charge in [0.05, 0.1) is 32.0 Å². The van der Waals surface area contributed by atoms with Gasteiger partial charge in [0.1, 0.15) is 0 Å². The highest BCUT2D eigenvalue weighted by atomic mass is 16.6. The summed E-state index contributed by atoms with van der Waals surface area (Å²) in [6.07, 6.45) is -1.27. The van der Waals surface area contributed by atoms with E-state index in [1.807, 2.05) is 60.7 Å². The summed E-state index contributed by atoms with van der Waals surface area (Å²) in [6, 6.07) is 19.4. The molecule has 2 aromatic carbocycles. The molecule has 0 radical (unpaired) electrons. The van der Waals surface area contributed by atoms with E-state index in [9.17, 15) is 9.90 Å². The van der Waals surface area contributed by atoms with Gasteiger partial charge >= 0.3 is 5.97 Å². The Morgan fingerprint density at radius 3 is 1.88 bits per heavy atom. The topological polar surface area (TPSA) is 65.0 Å². The molecule has 1 aliphatic rings. The molecule has 0 saturated carbocycles. The summed E-state index contributed by atoms with van der Waals surface area (Å²) in [7, 11) is 0. The van der Waals surface area contributed by atoms with Crippen molar-refractivity contribution in [2.24, 2.45) is 0 Å². The van der Waals surface area contributed by atoms with Crippen LogP contribution in [0.2, 0.25) is 0 Å². The first-order chi connectivity index (χ1) is 12.2. The van der Waals surface area contributed by atoms with E-state index in [2.05, 4.69) is 0 Å². The molecule has 5 nitrogen and oxygen atoms in total. The predicted octanol–water partition coefficient (Wildman–Crippen LogP) is 2.59. The van der Waals surface area contributed by atoms with Crippen LogP contribution in [-0.4, -0.2) is 30.6 Å². The van der Waals surface area contributed by atoms with Gasteiger partial charge in [-0.25, -0.2) is 4.79 Å². The SMILES string of the molecule is O=C1OC(O)C(COCc2ccccc2)=C1COCc1ccccc1. The maximum absolute atomic E-state index is 11.9. The largest absolute Gasteiger partial charge is 0.428 e. The molecule has 3 rings (SSSR count). The van der Waals surface area contributed by atoms with Crippen molar-refractivity contribution >= 4 is 5.97 Å². The Bertz CT molecular complexity index is 724. The van der Waals surface area contributed by atoms with Crippen molar-refractivity contribution in [3.63, 3.8) is 0 Å². The third-order valence-electron chi connectivity index (χ3n) is 3.88. The Labute approximate surface area is 146 Å². The first-order valence-corrected chi connectivity index (χ1v) is 8.08. The van der Waals surface area contributed by atoms with Gasteiger partial charge in [0.25, 0.3) is 0 Å². The number of benzene rings is 2. The van der Waals surface area contributed by atoms with Gasteiger partial charge in [-0.1, -0.05) is 60.7 Å². The lowest BCUT2D eigenvalue weighted by Gasteiger charge is -2.09. The van der Waals surface area contributed by atoms with E-state index >= 15 is 0 Å². The Morgan fingerprint density at radius 1 is 0.800 bits per heavy atom. The Balaban J connectivity index is 1.56. The molecule has 1 aliphatic heterocycles. The van der Waals surface area contributed by atoms with Crippen molar-refractivity contribution in [3.05, 3.63) is 82.9 Å². The minimum Gasteiger partial charge on any atom is -0.428 e. The molecule has 5 heteroatoms. The van der Waals surface area contributed by atoms with E-state index < -0.39 is 12.3 Å². The third-order valence-corrected chi connectivity index (χ3v) is 3.88. The van der Waals surface area contributed by atoms with Crippen molar-refractivity contribution in [1.82, 2.24) is 0 Å². The number of aliphatic hydroxyl groups is 1. The lowest BCUT2D eigenvalue weighted by atomic mass is 10.1. The molecule has 1 N–H and O–H groups in total. The van der Waals surface area contributed by atoms with Gasteiger partial charge in [-0.2, -0.15) is 0 Å². The minimum absolute atomic E-state index is 0.0782. The van der Waals surface area contributed by atoms with Crippen LogP contribution in [0.5, 0.6) is 0 Å². The second kappa shape index (κ2) is 8.58. The summed E-state index contributed by atoms with van der Waals surface area (Å²) in [6.45, 7) is 0.968. The van der Waals surface area contributed by atoms with E-state index in [4.69, 9.17) is 14.2 Å². The molecule has 0 spiro atoms. The molecule has 25 heavy (non-hydrogen) atoms. The smallest absolute Gasteiger partial charge is 0.339 e. The van der Waals surface area contributed by atoms with E-state index in [1.54, 1.807) is 0 Å². The monoisotopic (exact) mass is 340 g/mol. The van der Waals surface area contributed by atoms with Gasteiger partial charge < -0.3 is 19.3 Å². The zero-order valence-corrected chi connectivity index (χ0v) is 13.8. The van der Waals surface area contributed by atoms with Gasteiger partial charge in [0.15, 0.2) is 0 Å². The first-order valence-electron chi connectivity index (χ1n) is 8.08. The van der Waals surface area contributed by atoms with Crippen molar-refractivity contribution in [2.75, 3.05) is 13.2 Å². The quantitative estimate of drug-likeness (QED) is 0.748. The average Bonchev–Trinajstić information content (AvgIpc) is 2.90. The summed E-state index contributed by atoms with van der Waals surface area (Å²) < 4.78 is 16.1. The normalized spacial score (nSPS) is 17.0. The third kappa shape index (κ3) is 4.76.